The number of nitrogens with one attached hydrogen (secondary N) is 1. The van der Waals surface area contributed by atoms with E-state index < -0.39 is 0 Å². The fraction of sp³-hybridized carbons (Fsp3) is 0.524. The number of hydrogen-bond acceptors (Lipinski definition) is 5. The van der Waals surface area contributed by atoms with Crippen LogP contribution in [0, 0.1) is 0 Å². The first-order chi connectivity index (χ1) is 13.4. The van der Waals surface area contributed by atoms with Gasteiger partial charge in [0.25, 0.3) is 0 Å². The van der Waals surface area contributed by atoms with E-state index >= 15 is 0 Å². The Balaban J connectivity index is 1.52. The maximum atomic E-state index is 5.86. The molecule has 1 saturated heterocycles. The highest BCUT2D eigenvalue weighted by Gasteiger charge is 2.21. The summed E-state index contributed by atoms with van der Waals surface area (Å²) in [6.45, 7) is 10.6. The van der Waals surface area contributed by atoms with E-state index in [4.69, 9.17) is 9.15 Å². The molecule has 1 aromatic carbocycles. The number of guanidine groups is 1. The van der Waals surface area contributed by atoms with Crippen molar-refractivity contribution in [1.29, 1.82) is 0 Å². The number of piperazine rings is 1. The number of ether oxygens (including phenoxy) is 1. The summed E-state index contributed by atoms with van der Waals surface area (Å²) in [6.07, 6.45) is 1.81. The minimum atomic E-state index is -0.0370. The maximum Gasteiger partial charge on any atom is 0.213 e. The number of oxazole rings is 1. The van der Waals surface area contributed by atoms with Crippen molar-refractivity contribution in [2.24, 2.45) is 4.99 Å². The molecule has 1 aliphatic rings. The van der Waals surface area contributed by atoms with Gasteiger partial charge in [-0.3, -0.25) is 4.99 Å². The number of benzene rings is 1. The van der Waals surface area contributed by atoms with Gasteiger partial charge in [-0.1, -0.05) is 20.8 Å². The molecule has 1 aliphatic heterocycles. The third-order valence-electron chi connectivity index (χ3n) is 4.92. The predicted octanol–water partition coefficient (Wildman–Crippen LogP) is 2.88. The average molecular weight is 386 g/mol. The van der Waals surface area contributed by atoms with E-state index in [9.17, 15) is 0 Å². The molecule has 0 spiro atoms. The van der Waals surface area contributed by atoms with Gasteiger partial charge in [0.2, 0.25) is 5.89 Å². The first kappa shape index (κ1) is 20.0. The molecule has 152 valence electrons. The van der Waals surface area contributed by atoms with Crippen LogP contribution in [0.5, 0.6) is 5.75 Å². The summed E-state index contributed by atoms with van der Waals surface area (Å²) in [4.78, 5) is 13.5. The van der Waals surface area contributed by atoms with Gasteiger partial charge in [-0.25, -0.2) is 4.98 Å². The summed E-state index contributed by atoms with van der Waals surface area (Å²) < 4.78 is 11.1. The van der Waals surface area contributed by atoms with Gasteiger partial charge in [-0.05, 0) is 24.3 Å². The maximum absolute atomic E-state index is 5.86. The van der Waals surface area contributed by atoms with Gasteiger partial charge in [0.05, 0.1) is 19.9 Å². The molecule has 7 heteroatoms. The van der Waals surface area contributed by atoms with Gasteiger partial charge in [0.1, 0.15) is 11.5 Å². The molecular weight excluding hydrogens is 354 g/mol. The zero-order valence-corrected chi connectivity index (χ0v) is 17.5. The minimum absolute atomic E-state index is 0.0370. The molecule has 2 aromatic rings. The molecule has 0 aliphatic carbocycles. The number of nitrogens with zero attached hydrogens (tertiary/aromatic N) is 4. The molecule has 0 unspecified atom stereocenters. The molecule has 7 nitrogen and oxygen atoms in total. The second-order valence-corrected chi connectivity index (χ2v) is 7.94. The molecule has 2 heterocycles. The third kappa shape index (κ3) is 4.77. The van der Waals surface area contributed by atoms with Crippen molar-refractivity contribution in [2.75, 3.05) is 45.2 Å². The average Bonchev–Trinajstić information content (AvgIpc) is 3.19. The van der Waals surface area contributed by atoms with Crippen LogP contribution in [0.3, 0.4) is 0 Å². The van der Waals surface area contributed by atoms with Crippen LogP contribution in [-0.2, 0) is 12.0 Å². The van der Waals surface area contributed by atoms with Crippen molar-refractivity contribution in [3.8, 4) is 5.75 Å². The Bertz CT molecular complexity index is 784. The number of methoxy groups -OCH3 is 1. The Labute approximate surface area is 167 Å². The van der Waals surface area contributed by atoms with Gasteiger partial charge in [0.15, 0.2) is 5.96 Å². The summed E-state index contributed by atoms with van der Waals surface area (Å²) in [5, 5.41) is 3.37. The van der Waals surface area contributed by atoms with E-state index in [0.717, 1.165) is 43.6 Å². The highest BCUT2D eigenvalue weighted by atomic mass is 16.5. The summed E-state index contributed by atoms with van der Waals surface area (Å²) in [7, 11) is 3.50. The Kier molecular flexibility index (Phi) is 6.11. The number of hydrogen-bond donors (Lipinski definition) is 1. The SMILES string of the molecule is CN=C(NCc1ncc(C(C)(C)C)o1)N1CCN(c2ccc(OC)cc2)CC1. The molecule has 0 saturated carbocycles. The van der Waals surface area contributed by atoms with Crippen molar-refractivity contribution >= 4 is 11.6 Å². The van der Waals surface area contributed by atoms with Crippen molar-refractivity contribution < 1.29 is 9.15 Å². The molecule has 1 aromatic heterocycles. The molecule has 3 rings (SSSR count). The van der Waals surface area contributed by atoms with Crippen molar-refractivity contribution in [3.63, 3.8) is 0 Å². The molecule has 1 N–H and O–H groups in total. The van der Waals surface area contributed by atoms with E-state index in [1.165, 1.54) is 5.69 Å². The number of anilines is 1. The monoisotopic (exact) mass is 385 g/mol. The highest BCUT2D eigenvalue weighted by molar-refractivity contribution is 5.80. The summed E-state index contributed by atoms with van der Waals surface area (Å²) in [6, 6.07) is 8.22. The lowest BCUT2D eigenvalue weighted by Crippen LogP contribution is -2.52. The van der Waals surface area contributed by atoms with E-state index in [0.29, 0.717) is 12.4 Å². The van der Waals surface area contributed by atoms with Gasteiger partial charge in [-0.2, -0.15) is 0 Å². The highest BCUT2D eigenvalue weighted by Crippen LogP contribution is 2.23. The first-order valence-electron chi connectivity index (χ1n) is 9.70. The number of aromatic nitrogens is 1. The lowest BCUT2D eigenvalue weighted by Gasteiger charge is -2.37. The lowest BCUT2D eigenvalue weighted by atomic mass is 9.94. The van der Waals surface area contributed by atoms with E-state index in [-0.39, 0.29) is 5.41 Å². The standard InChI is InChI=1S/C21H31N5O2/c1-21(2,3)18-14-23-19(28-18)15-24-20(22-4)26-12-10-25(11-13-26)16-6-8-17(27-5)9-7-16/h6-9,14H,10-13,15H2,1-5H3,(H,22,24). The van der Waals surface area contributed by atoms with Crippen LogP contribution in [0.25, 0.3) is 0 Å². The largest absolute Gasteiger partial charge is 0.497 e. The van der Waals surface area contributed by atoms with Crippen LogP contribution in [0.1, 0.15) is 32.4 Å². The fourth-order valence-electron chi connectivity index (χ4n) is 3.20. The first-order valence-corrected chi connectivity index (χ1v) is 9.70. The summed E-state index contributed by atoms with van der Waals surface area (Å²) >= 11 is 0. The van der Waals surface area contributed by atoms with E-state index in [1.807, 2.05) is 25.4 Å². The van der Waals surface area contributed by atoms with Crippen LogP contribution in [-0.4, -0.2) is 56.2 Å². The fourth-order valence-corrected chi connectivity index (χ4v) is 3.20. The molecule has 0 amide bonds. The lowest BCUT2D eigenvalue weighted by molar-refractivity contribution is 0.359. The van der Waals surface area contributed by atoms with E-state index in [1.54, 1.807) is 7.11 Å². The summed E-state index contributed by atoms with van der Waals surface area (Å²) in [5.74, 6) is 3.34. The van der Waals surface area contributed by atoms with Crippen LogP contribution < -0.4 is 15.0 Å². The molecule has 0 atom stereocenters. The third-order valence-corrected chi connectivity index (χ3v) is 4.92. The molecule has 0 radical (unpaired) electrons. The zero-order chi connectivity index (χ0) is 20.1. The van der Waals surface area contributed by atoms with Crippen LogP contribution in [0.15, 0.2) is 39.9 Å². The van der Waals surface area contributed by atoms with Crippen molar-refractivity contribution in [3.05, 3.63) is 42.1 Å². The van der Waals surface area contributed by atoms with Crippen LogP contribution in [0.2, 0.25) is 0 Å². The van der Waals surface area contributed by atoms with Crippen LogP contribution >= 0.6 is 0 Å². The topological polar surface area (TPSA) is 66.1 Å². The van der Waals surface area contributed by atoms with E-state index in [2.05, 4.69) is 58.0 Å². The summed E-state index contributed by atoms with van der Waals surface area (Å²) in [5.41, 5.74) is 1.18. The molecule has 28 heavy (non-hydrogen) atoms. The minimum Gasteiger partial charge on any atom is -0.497 e. The van der Waals surface area contributed by atoms with Gasteiger partial charge in [0, 0.05) is 44.3 Å². The van der Waals surface area contributed by atoms with Crippen molar-refractivity contribution in [1.82, 2.24) is 15.2 Å². The smallest absolute Gasteiger partial charge is 0.213 e. The van der Waals surface area contributed by atoms with Crippen molar-refractivity contribution in [2.45, 2.75) is 32.7 Å². The quantitative estimate of drug-likeness (QED) is 0.645. The Morgan fingerprint density at radius 3 is 2.39 bits per heavy atom. The number of aliphatic imine (C=N–C) groups is 1. The van der Waals surface area contributed by atoms with Gasteiger partial charge >= 0.3 is 0 Å². The molecular formula is C21H31N5O2. The second-order valence-electron chi connectivity index (χ2n) is 7.94. The Morgan fingerprint density at radius 2 is 1.86 bits per heavy atom. The normalized spacial score (nSPS) is 15.7. The Morgan fingerprint density at radius 1 is 1.18 bits per heavy atom. The zero-order valence-electron chi connectivity index (χ0n) is 17.5. The number of rotatable bonds is 4. The van der Waals surface area contributed by atoms with Gasteiger partial charge < -0.3 is 24.3 Å². The predicted molar refractivity (Wildman–Crippen MR) is 112 cm³/mol. The van der Waals surface area contributed by atoms with Gasteiger partial charge in [-0.15, -0.1) is 0 Å². The second kappa shape index (κ2) is 8.54. The molecule has 1 fully saturated rings. The van der Waals surface area contributed by atoms with Crippen LogP contribution in [0.4, 0.5) is 5.69 Å². The molecule has 0 bridgehead atoms. The Hall–Kier alpha value is -2.70.